The van der Waals surface area contributed by atoms with Gasteiger partial charge in [0.2, 0.25) is 0 Å². The molecule has 0 radical (unpaired) electrons. The Labute approximate surface area is 150 Å². The first-order chi connectivity index (χ1) is 12.1. The van der Waals surface area contributed by atoms with Gasteiger partial charge < -0.3 is 14.8 Å². The van der Waals surface area contributed by atoms with E-state index >= 15 is 0 Å². The maximum atomic E-state index is 12.6. The molecule has 2 unspecified atom stereocenters. The number of hydrogen-bond donors (Lipinski definition) is 1. The highest BCUT2D eigenvalue weighted by molar-refractivity contribution is 5.94. The summed E-state index contributed by atoms with van der Waals surface area (Å²) in [5.74, 6) is 1.78. The van der Waals surface area contributed by atoms with Crippen molar-refractivity contribution >= 4 is 11.6 Å². The van der Waals surface area contributed by atoms with E-state index in [2.05, 4.69) is 25.2 Å². The van der Waals surface area contributed by atoms with Crippen molar-refractivity contribution < 1.29 is 14.3 Å². The first kappa shape index (κ1) is 18.8. The maximum Gasteiger partial charge on any atom is 0.265 e. The third kappa shape index (κ3) is 4.99. The van der Waals surface area contributed by atoms with E-state index in [0.717, 1.165) is 29.2 Å². The molecule has 2 aromatic carbocycles. The zero-order chi connectivity index (χ0) is 18.2. The summed E-state index contributed by atoms with van der Waals surface area (Å²) in [6.07, 6.45) is 1.08. The van der Waals surface area contributed by atoms with Gasteiger partial charge in [-0.15, -0.1) is 0 Å². The summed E-state index contributed by atoms with van der Waals surface area (Å²) in [6.45, 7) is 6.26. The fourth-order valence-electron chi connectivity index (χ4n) is 2.59. The van der Waals surface area contributed by atoms with Crippen LogP contribution in [0.3, 0.4) is 0 Å². The van der Waals surface area contributed by atoms with E-state index in [4.69, 9.17) is 9.47 Å². The zero-order valence-electron chi connectivity index (χ0n) is 15.4. The molecule has 4 nitrogen and oxygen atoms in total. The van der Waals surface area contributed by atoms with Crippen molar-refractivity contribution in [2.75, 3.05) is 12.4 Å². The van der Waals surface area contributed by atoms with E-state index in [-0.39, 0.29) is 5.91 Å². The number of methoxy groups -OCH3 is 1. The molecule has 0 aromatic heterocycles. The molecule has 0 fully saturated rings. The Morgan fingerprint density at radius 3 is 2.32 bits per heavy atom. The van der Waals surface area contributed by atoms with Gasteiger partial charge in [0.15, 0.2) is 6.10 Å². The molecule has 0 saturated heterocycles. The standard InChI is InChI=1S/C21H27NO3/c1-5-15(3)18-9-7-8-10-20(18)25-19(6-2)21(23)22-16-11-13-17(24-4)14-12-16/h7-15,19H,5-6H2,1-4H3,(H,22,23). The normalized spacial score (nSPS) is 13.0. The molecule has 1 amide bonds. The molecular weight excluding hydrogens is 314 g/mol. The molecule has 2 atom stereocenters. The molecule has 4 heteroatoms. The monoisotopic (exact) mass is 341 g/mol. The fourth-order valence-corrected chi connectivity index (χ4v) is 2.59. The Morgan fingerprint density at radius 1 is 1.04 bits per heavy atom. The number of ether oxygens (including phenoxy) is 2. The van der Waals surface area contributed by atoms with E-state index in [1.165, 1.54) is 0 Å². The quantitative estimate of drug-likeness (QED) is 0.734. The highest BCUT2D eigenvalue weighted by Crippen LogP contribution is 2.29. The van der Waals surface area contributed by atoms with Gasteiger partial charge in [0.25, 0.3) is 5.91 Å². The predicted molar refractivity (Wildman–Crippen MR) is 101 cm³/mol. The predicted octanol–water partition coefficient (Wildman–Crippen LogP) is 5.00. The summed E-state index contributed by atoms with van der Waals surface area (Å²) >= 11 is 0. The average Bonchev–Trinajstić information content (AvgIpc) is 2.66. The van der Waals surface area contributed by atoms with Crippen molar-refractivity contribution in [3.05, 3.63) is 54.1 Å². The summed E-state index contributed by atoms with van der Waals surface area (Å²) in [7, 11) is 1.61. The lowest BCUT2D eigenvalue weighted by molar-refractivity contribution is -0.122. The third-order valence-electron chi connectivity index (χ3n) is 4.35. The SMILES string of the molecule is CCC(Oc1ccccc1C(C)CC)C(=O)Nc1ccc(OC)cc1. The van der Waals surface area contributed by atoms with E-state index < -0.39 is 6.10 Å². The number of hydrogen-bond acceptors (Lipinski definition) is 3. The van der Waals surface area contributed by atoms with Gasteiger partial charge in [0, 0.05) is 5.69 Å². The molecule has 0 bridgehead atoms. The van der Waals surface area contributed by atoms with Crippen LogP contribution in [0, 0.1) is 0 Å². The Hall–Kier alpha value is -2.49. The first-order valence-electron chi connectivity index (χ1n) is 8.79. The minimum Gasteiger partial charge on any atom is -0.497 e. The second-order valence-electron chi connectivity index (χ2n) is 6.08. The van der Waals surface area contributed by atoms with Crippen LogP contribution in [-0.2, 0) is 4.79 Å². The summed E-state index contributed by atoms with van der Waals surface area (Å²) in [6, 6.07) is 15.2. The van der Waals surface area contributed by atoms with Gasteiger partial charge in [-0.3, -0.25) is 4.79 Å². The lowest BCUT2D eigenvalue weighted by Crippen LogP contribution is -2.32. The van der Waals surface area contributed by atoms with Crippen molar-refractivity contribution in [2.45, 2.75) is 45.6 Å². The van der Waals surface area contributed by atoms with Crippen LogP contribution in [0.1, 0.15) is 45.1 Å². The van der Waals surface area contributed by atoms with Gasteiger partial charge in [-0.2, -0.15) is 0 Å². The number of para-hydroxylation sites is 1. The van der Waals surface area contributed by atoms with Gasteiger partial charge in [-0.25, -0.2) is 0 Å². The lowest BCUT2D eigenvalue weighted by atomic mass is 9.98. The van der Waals surface area contributed by atoms with Crippen LogP contribution in [0.5, 0.6) is 11.5 Å². The number of nitrogens with one attached hydrogen (secondary N) is 1. The molecule has 0 heterocycles. The number of rotatable bonds is 8. The summed E-state index contributed by atoms with van der Waals surface area (Å²) in [4.78, 5) is 12.6. The number of carbonyl (C=O) groups excluding carboxylic acids is 1. The van der Waals surface area contributed by atoms with Gasteiger partial charge in [0.05, 0.1) is 7.11 Å². The van der Waals surface area contributed by atoms with Gasteiger partial charge in [-0.05, 0) is 54.7 Å². The molecule has 0 aliphatic heterocycles. The minimum absolute atomic E-state index is 0.147. The van der Waals surface area contributed by atoms with Crippen molar-refractivity contribution in [3.8, 4) is 11.5 Å². The summed E-state index contributed by atoms with van der Waals surface area (Å²) in [5.41, 5.74) is 1.86. The zero-order valence-corrected chi connectivity index (χ0v) is 15.4. The Kier molecular flexibility index (Phi) is 6.87. The van der Waals surface area contributed by atoms with Crippen molar-refractivity contribution in [1.82, 2.24) is 0 Å². The molecule has 2 rings (SSSR count). The topological polar surface area (TPSA) is 47.6 Å². The van der Waals surface area contributed by atoms with Crippen LogP contribution in [0.25, 0.3) is 0 Å². The van der Waals surface area contributed by atoms with E-state index in [1.54, 1.807) is 7.11 Å². The molecule has 25 heavy (non-hydrogen) atoms. The Balaban J connectivity index is 2.10. The van der Waals surface area contributed by atoms with Gasteiger partial charge >= 0.3 is 0 Å². The van der Waals surface area contributed by atoms with Crippen molar-refractivity contribution in [3.63, 3.8) is 0 Å². The second kappa shape index (κ2) is 9.11. The van der Waals surface area contributed by atoms with Crippen LogP contribution in [0.2, 0.25) is 0 Å². The smallest absolute Gasteiger partial charge is 0.265 e. The van der Waals surface area contributed by atoms with Crippen molar-refractivity contribution in [2.24, 2.45) is 0 Å². The van der Waals surface area contributed by atoms with Gasteiger partial charge in [0.1, 0.15) is 11.5 Å². The number of anilines is 1. The third-order valence-corrected chi connectivity index (χ3v) is 4.35. The van der Waals surface area contributed by atoms with Crippen molar-refractivity contribution in [1.29, 1.82) is 0 Å². The molecule has 0 aliphatic rings. The van der Waals surface area contributed by atoms with E-state index in [9.17, 15) is 4.79 Å². The molecule has 0 aliphatic carbocycles. The van der Waals surface area contributed by atoms with E-state index in [1.807, 2.05) is 49.4 Å². The maximum absolute atomic E-state index is 12.6. The number of carbonyl (C=O) groups is 1. The minimum atomic E-state index is -0.535. The molecule has 0 spiro atoms. The van der Waals surface area contributed by atoms with Crippen LogP contribution < -0.4 is 14.8 Å². The van der Waals surface area contributed by atoms with Crippen LogP contribution in [0.15, 0.2) is 48.5 Å². The number of amides is 1. The average molecular weight is 341 g/mol. The molecule has 0 saturated carbocycles. The summed E-state index contributed by atoms with van der Waals surface area (Å²) < 4.78 is 11.2. The Bertz CT molecular complexity index is 682. The largest absolute Gasteiger partial charge is 0.497 e. The lowest BCUT2D eigenvalue weighted by Gasteiger charge is -2.21. The first-order valence-corrected chi connectivity index (χ1v) is 8.79. The molecular formula is C21H27NO3. The summed E-state index contributed by atoms with van der Waals surface area (Å²) in [5, 5.41) is 2.91. The second-order valence-corrected chi connectivity index (χ2v) is 6.08. The van der Waals surface area contributed by atoms with Gasteiger partial charge in [-0.1, -0.05) is 39.0 Å². The van der Waals surface area contributed by atoms with E-state index in [0.29, 0.717) is 12.3 Å². The fraction of sp³-hybridized carbons (Fsp3) is 0.381. The highest BCUT2D eigenvalue weighted by atomic mass is 16.5. The Morgan fingerprint density at radius 2 is 1.72 bits per heavy atom. The molecule has 1 N–H and O–H groups in total. The van der Waals surface area contributed by atoms with Crippen LogP contribution >= 0.6 is 0 Å². The van der Waals surface area contributed by atoms with Crippen LogP contribution in [0.4, 0.5) is 5.69 Å². The number of benzene rings is 2. The van der Waals surface area contributed by atoms with Crippen LogP contribution in [-0.4, -0.2) is 19.1 Å². The molecule has 134 valence electrons. The highest BCUT2D eigenvalue weighted by Gasteiger charge is 2.21. The molecule has 2 aromatic rings.